The summed E-state index contributed by atoms with van der Waals surface area (Å²) in [5.74, 6) is -0.202. The highest BCUT2D eigenvalue weighted by Crippen LogP contribution is 2.14. The molecule has 3 nitrogen and oxygen atoms in total. The fourth-order valence-corrected chi connectivity index (χ4v) is 1.95. The van der Waals surface area contributed by atoms with Crippen LogP contribution in [0.3, 0.4) is 0 Å². The van der Waals surface area contributed by atoms with Gasteiger partial charge in [-0.05, 0) is 12.0 Å². The van der Waals surface area contributed by atoms with E-state index in [-0.39, 0.29) is 18.4 Å². The molecule has 1 unspecified atom stereocenters. The second-order valence-corrected chi connectivity index (χ2v) is 4.86. The highest BCUT2D eigenvalue weighted by molar-refractivity contribution is 5.70. The van der Waals surface area contributed by atoms with Gasteiger partial charge in [0.15, 0.2) is 0 Å². The zero-order valence-corrected chi connectivity index (χ0v) is 11.8. The van der Waals surface area contributed by atoms with E-state index in [4.69, 9.17) is 10.5 Å². The Balaban J connectivity index is 2.14. The van der Waals surface area contributed by atoms with Crippen LogP contribution in [0.4, 0.5) is 0 Å². The van der Waals surface area contributed by atoms with Gasteiger partial charge >= 0.3 is 5.97 Å². The first kappa shape index (κ1) is 15.7. The predicted octanol–water partition coefficient (Wildman–Crippen LogP) is 3.59. The topological polar surface area (TPSA) is 52.3 Å². The second kappa shape index (κ2) is 9.56. The third kappa shape index (κ3) is 6.97. The van der Waals surface area contributed by atoms with Crippen LogP contribution in [0.15, 0.2) is 30.3 Å². The summed E-state index contributed by atoms with van der Waals surface area (Å²) < 4.78 is 5.20. The van der Waals surface area contributed by atoms with Crippen molar-refractivity contribution < 1.29 is 9.53 Å². The monoisotopic (exact) mass is 263 g/mol. The molecule has 0 fully saturated rings. The summed E-state index contributed by atoms with van der Waals surface area (Å²) in [6.45, 7) is 2.70. The molecule has 0 radical (unpaired) electrons. The number of rotatable bonds is 9. The van der Waals surface area contributed by atoms with Gasteiger partial charge in [-0.1, -0.05) is 62.9 Å². The summed E-state index contributed by atoms with van der Waals surface area (Å²) in [5, 5.41) is 0. The lowest BCUT2D eigenvalue weighted by molar-refractivity contribution is -0.144. The molecule has 0 heterocycles. The molecule has 2 N–H and O–H groups in total. The molecule has 3 heteroatoms. The van der Waals surface area contributed by atoms with Gasteiger partial charge < -0.3 is 10.5 Å². The van der Waals surface area contributed by atoms with Gasteiger partial charge in [-0.2, -0.15) is 0 Å². The van der Waals surface area contributed by atoms with E-state index in [0.29, 0.717) is 6.61 Å². The lowest BCUT2D eigenvalue weighted by Gasteiger charge is -2.11. The predicted molar refractivity (Wildman–Crippen MR) is 77.7 cm³/mol. The number of benzene rings is 1. The van der Waals surface area contributed by atoms with Crippen molar-refractivity contribution in [3.05, 3.63) is 35.9 Å². The number of carbonyl (C=O) groups is 1. The van der Waals surface area contributed by atoms with Gasteiger partial charge in [0.05, 0.1) is 13.0 Å². The van der Waals surface area contributed by atoms with Crippen molar-refractivity contribution in [2.75, 3.05) is 6.61 Å². The Morgan fingerprint density at radius 2 is 1.84 bits per heavy atom. The number of carbonyl (C=O) groups excluding carboxylic acids is 1. The van der Waals surface area contributed by atoms with Gasteiger partial charge in [0, 0.05) is 6.04 Å². The van der Waals surface area contributed by atoms with Crippen molar-refractivity contribution in [3.8, 4) is 0 Å². The van der Waals surface area contributed by atoms with E-state index in [1.54, 1.807) is 0 Å². The molecule has 106 valence electrons. The van der Waals surface area contributed by atoms with Crippen molar-refractivity contribution in [1.29, 1.82) is 0 Å². The van der Waals surface area contributed by atoms with Crippen LogP contribution in [0.5, 0.6) is 0 Å². The van der Waals surface area contributed by atoms with E-state index in [0.717, 1.165) is 18.4 Å². The normalized spacial score (nSPS) is 12.1. The Labute approximate surface area is 116 Å². The van der Waals surface area contributed by atoms with E-state index in [9.17, 15) is 4.79 Å². The molecule has 1 aromatic carbocycles. The number of hydrogen-bond donors (Lipinski definition) is 1. The summed E-state index contributed by atoms with van der Waals surface area (Å²) in [5.41, 5.74) is 6.94. The Morgan fingerprint density at radius 1 is 1.16 bits per heavy atom. The average molecular weight is 263 g/mol. The highest BCUT2D eigenvalue weighted by Gasteiger charge is 2.12. The summed E-state index contributed by atoms with van der Waals surface area (Å²) in [4.78, 5) is 11.6. The summed E-state index contributed by atoms with van der Waals surface area (Å²) >= 11 is 0. The Morgan fingerprint density at radius 3 is 2.53 bits per heavy atom. The summed E-state index contributed by atoms with van der Waals surface area (Å²) in [6.07, 6.45) is 6.03. The van der Waals surface area contributed by atoms with Crippen molar-refractivity contribution in [3.63, 3.8) is 0 Å². The van der Waals surface area contributed by atoms with Gasteiger partial charge in [0.2, 0.25) is 0 Å². The van der Waals surface area contributed by atoms with Crippen LogP contribution >= 0.6 is 0 Å². The van der Waals surface area contributed by atoms with Gasteiger partial charge in [0.1, 0.15) is 0 Å². The van der Waals surface area contributed by atoms with E-state index >= 15 is 0 Å². The first-order valence-electron chi connectivity index (χ1n) is 7.20. The van der Waals surface area contributed by atoms with Crippen molar-refractivity contribution in [2.24, 2.45) is 5.73 Å². The van der Waals surface area contributed by atoms with E-state index < -0.39 is 0 Å². The third-order valence-corrected chi connectivity index (χ3v) is 3.13. The number of esters is 1. The molecule has 0 aromatic heterocycles. The molecule has 0 aliphatic rings. The van der Waals surface area contributed by atoms with Gasteiger partial charge in [-0.3, -0.25) is 4.79 Å². The highest BCUT2D eigenvalue weighted by atomic mass is 16.5. The van der Waals surface area contributed by atoms with E-state index in [1.165, 1.54) is 19.3 Å². The molecule has 0 spiro atoms. The largest absolute Gasteiger partial charge is 0.466 e. The van der Waals surface area contributed by atoms with Crippen LogP contribution in [0.25, 0.3) is 0 Å². The minimum absolute atomic E-state index is 0.202. The van der Waals surface area contributed by atoms with Crippen molar-refractivity contribution in [1.82, 2.24) is 0 Å². The van der Waals surface area contributed by atoms with Gasteiger partial charge in [-0.15, -0.1) is 0 Å². The quantitative estimate of drug-likeness (QED) is 0.547. The third-order valence-electron chi connectivity index (χ3n) is 3.13. The summed E-state index contributed by atoms with van der Waals surface area (Å²) in [6, 6.07) is 9.38. The van der Waals surface area contributed by atoms with E-state index in [1.807, 2.05) is 30.3 Å². The molecule has 1 atom stereocenters. The van der Waals surface area contributed by atoms with Crippen LogP contribution in [0.1, 0.15) is 57.1 Å². The molecule has 0 bridgehead atoms. The Kier molecular flexibility index (Phi) is 7.91. The molecular weight excluding hydrogens is 238 g/mol. The maximum atomic E-state index is 11.6. The fraction of sp³-hybridized carbons (Fsp3) is 0.562. The number of ether oxygens (including phenoxy) is 1. The maximum absolute atomic E-state index is 11.6. The molecule has 19 heavy (non-hydrogen) atoms. The van der Waals surface area contributed by atoms with Crippen molar-refractivity contribution in [2.45, 2.75) is 51.5 Å². The number of unbranched alkanes of at least 4 members (excludes halogenated alkanes) is 4. The smallest absolute Gasteiger partial charge is 0.307 e. The SMILES string of the molecule is CCCCCCCOC(=O)CC(N)c1ccccc1. The Hall–Kier alpha value is -1.35. The van der Waals surface area contributed by atoms with Crippen molar-refractivity contribution >= 4 is 5.97 Å². The fourth-order valence-electron chi connectivity index (χ4n) is 1.95. The molecular formula is C16H25NO2. The standard InChI is InChI=1S/C16H25NO2/c1-2-3-4-5-9-12-19-16(18)13-15(17)14-10-7-6-8-11-14/h6-8,10-11,15H,2-5,9,12-13,17H2,1H3. The van der Waals surface area contributed by atoms with Gasteiger partial charge in [0.25, 0.3) is 0 Å². The molecule has 0 saturated heterocycles. The molecule has 0 amide bonds. The van der Waals surface area contributed by atoms with Crippen LogP contribution < -0.4 is 5.73 Å². The molecule has 0 saturated carbocycles. The molecule has 0 aliphatic heterocycles. The Bertz CT molecular complexity index is 351. The van der Waals surface area contributed by atoms with Crippen LogP contribution in [-0.4, -0.2) is 12.6 Å². The molecule has 1 rings (SSSR count). The lowest BCUT2D eigenvalue weighted by Crippen LogP contribution is -2.17. The van der Waals surface area contributed by atoms with Crippen LogP contribution in [0, 0.1) is 0 Å². The molecule has 1 aromatic rings. The molecule has 0 aliphatic carbocycles. The minimum Gasteiger partial charge on any atom is -0.466 e. The first-order chi connectivity index (χ1) is 9.24. The van der Waals surface area contributed by atoms with E-state index in [2.05, 4.69) is 6.92 Å². The van der Waals surface area contributed by atoms with Crippen LogP contribution in [-0.2, 0) is 9.53 Å². The number of hydrogen-bond acceptors (Lipinski definition) is 3. The van der Waals surface area contributed by atoms with Crippen LogP contribution in [0.2, 0.25) is 0 Å². The zero-order chi connectivity index (χ0) is 13.9. The summed E-state index contributed by atoms with van der Waals surface area (Å²) in [7, 11) is 0. The number of nitrogens with two attached hydrogens (primary N) is 1. The average Bonchev–Trinajstić information content (AvgIpc) is 2.43. The zero-order valence-electron chi connectivity index (χ0n) is 11.8. The second-order valence-electron chi connectivity index (χ2n) is 4.86. The van der Waals surface area contributed by atoms with Gasteiger partial charge in [-0.25, -0.2) is 0 Å². The lowest BCUT2D eigenvalue weighted by atomic mass is 10.1. The first-order valence-corrected chi connectivity index (χ1v) is 7.20. The maximum Gasteiger partial charge on any atom is 0.307 e. The minimum atomic E-state index is -0.270.